The molecule has 0 aromatic carbocycles. The summed E-state index contributed by atoms with van der Waals surface area (Å²) in [6.45, 7) is 11.0. The molecule has 106 valence electrons. The van der Waals surface area contributed by atoms with Gasteiger partial charge in [0, 0.05) is 24.7 Å². The summed E-state index contributed by atoms with van der Waals surface area (Å²) in [7, 11) is 0. The third-order valence-corrected chi connectivity index (χ3v) is 4.58. The normalized spacial score (nSPS) is 30.7. The van der Waals surface area contributed by atoms with Crippen LogP contribution in [0.15, 0.2) is 0 Å². The molecule has 3 nitrogen and oxygen atoms in total. The van der Waals surface area contributed by atoms with E-state index in [1.54, 1.807) is 0 Å². The zero-order valence-electron chi connectivity index (χ0n) is 12.3. The number of hydrogen-bond donors (Lipinski definition) is 1. The molecule has 0 aromatic rings. The maximum absolute atomic E-state index is 5.61. The fourth-order valence-electron chi connectivity index (χ4n) is 3.36. The van der Waals surface area contributed by atoms with Crippen LogP contribution in [0.1, 0.15) is 46.5 Å². The first-order chi connectivity index (χ1) is 8.70. The first-order valence-electron chi connectivity index (χ1n) is 7.78. The summed E-state index contributed by atoms with van der Waals surface area (Å²) in [4.78, 5) is 2.69. The molecule has 2 fully saturated rings. The Labute approximate surface area is 112 Å². The molecule has 2 aliphatic heterocycles. The van der Waals surface area contributed by atoms with E-state index in [0.717, 1.165) is 19.3 Å². The Balaban J connectivity index is 1.79. The SMILES string of the molecule is CCOCC(NC1CCN2CCCC2C1)C(C)C. The maximum Gasteiger partial charge on any atom is 0.0622 e. The van der Waals surface area contributed by atoms with Gasteiger partial charge in [-0.2, -0.15) is 0 Å². The van der Waals surface area contributed by atoms with Gasteiger partial charge >= 0.3 is 0 Å². The highest BCUT2D eigenvalue weighted by atomic mass is 16.5. The van der Waals surface area contributed by atoms with E-state index in [1.165, 1.54) is 38.8 Å². The highest BCUT2D eigenvalue weighted by Gasteiger charge is 2.32. The average molecular weight is 254 g/mol. The Morgan fingerprint density at radius 2 is 2.11 bits per heavy atom. The molecule has 0 amide bonds. The average Bonchev–Trinajstić information content (AvgIpc) is 2.81. The summed E-state index contributed by atoms with van der Waals surface area (Å²) in [5.41, 5.74) is 0. The van der Waals surface area contributed by atoms with Gasteiger partial charge in [0.1, 0.15) is 0 Å². The topological polar surface area (TPSA) is 24.5 Å². The monoisotopic (exact) mass is 254 g/mol. The molecule has 2 rings (SSSR count). The lowest BCUT2D eigenvalue weighted by atomic mass is 9.95. The van der Waals surface area contributed by atoms with E-state index in [0.29, 0.717) is 18.0 Å². The molecule has 0 aliphatic carbocycles. The van der Waals surface area contributed by atoms with Crippen LogP contribution in [-0.4, -0.2) is 49.3 Å². The lowest BCUT2D eigenvalue weighted by molar-refractivity contribution is 0.0902. The summed E-state index contributed by atoms with van der Waals surface area (Å²) < 4.78 is 5.61. The smallest absolute Gasteiger partial charge is 0.0622 e. The van der Waals surface area contributed by atoms with Gasteiger partial charge in [0.05, 0.1) is 6.61 Å². The molecule has 18 heavy (non-hydrogen) atoms. The first kappa shape index (κ1) is 14.3. The van der Waals surface area contributed by atoms with E-state index in [9.17, 15) is 0 Å². The third-order valence-electron chi connectivity index (χ3n) is 4.58. The number of nitrogens with one attached hydrogen (secondary N) is 1. The second-order valence-electron chi connectivity index (χ2n) is 6.23. The number of nitrogens with zero attached hydrogens (tertiary/aromatic N) is 1. The van der Waals surface area contributed by atoms with Gasteiger partial charge in [0.25, 0.3) is 0 Å². The van der Waals surface area contributed by atoms with Crippen molar-refractivity contribution in [1.29, 1.82) is 0 Å². The van der Waals surface area contributed by atoms with E-state index in [2.05, 4.69) is 31.0 Å². The molecule has 0 bridgehead atoms. The molecule has 2 aliphatic rings. The van der Waals surface area contributed by atoms with Crippen LogP contribution in [0.4, 0.5) is 0 Å². The number of hydrogen-bond acceptors (Lipinski definition) is 3. The second-order valence-corrected chi connectivity index (χ2v) is 6.23. The largest absolute Gasteiger partial charge is 0.380 e. The molecule has 2 saturated heterocycles. The second kappa shape index (κ2) is 6.88. The molecule has 3 heteroatoms. The maximum atomic E-state index is 5.61. The van der Waals surface area contributed by atoms with E-state index < -0.39 is 0 Å². The summed E-state index contributed by atoms with van der Waals surface area (Å²) in [5.74, 6) is 0.651. The Bertz CT molecular complexity index is 245. The van der Waals surface area contributed by atoms with E-state index in [-0.39, 0.29) is 0 Å². The van der Waals surface area contributed by atoms with Crippen molar-refractivity contribution in [2.24, 2.45) is 5.92 Å². The van der Waals surface area contributed by atoms with Crippen molar-refractivity contribution in [2.75, 3.05) is 26.3 Å². The van der Waals surface area contributed by atoms with Crippen molar-refractivity contribution in [2.45, 2.75) is 64.6 Å². The number of rotatable bonds is 6. The van der Waals surface area contributed by atoms with E-state index in [1.807, 2.05) is 0 Å². The quantitative estimate of drug-likeness (QED) is 0.787. The van der Waals surface area contributed by atoms with Crippen molar-refractivity contribution in [3.8, 4) is 0 Å². The third kappa shape index (κ3) is 3.69. The minimum Gasteiger partial charge on any atom is -0.380 e. The molecule has 3 unspecified atom stereocenters. The van der Waals surface area contributed by atoms with Gasteiger partial charge in [-0.1, -0.05) is 13.8 Å². The standard InChI is InChI=1S/C15H30N2O/c1-4-18-11-15(12(2)3)16-13-7-9-17-8-5-6-14(17)10-13/h12-16H,4-11H2,1-3H3. The fraction of sp³-hybridized carbons (Fsp3) is 1.00. The Morgan fingerprint density at radius 1 is 1.28 bits per heavy atom. The molecular weight excluding hydrogens is 224 g/mol. The van der Waals surface area contributed by atoms with Crippen molar-refractivity contribution in [3.05, 3.63) is 0 Å². The van der Waals surface area contributed by atoms with Crippen molar-refractivity contribution in [1.82, 2.24) is 10.2 Å². The summed E-state index contributed by atoms with van der Waals surface area (Å²) >= 11 is 0. The lowest BCUT2D eigenvalue weighted by Crippen LogP contribution is -2.51. The zero-order valence-corrected chi connectivity index (χ0v) is 12.3. The van der Waals surface area contributed by atoms with Crippen molar-refractivity contribution in [3.63, 3.8) is 0 Å². The summed E-state index contributed by atoms with van der Waals surface area (Å²) in [6.07, 6.45) is 5.47. The van der Waals surface area contributed by atoms with Gasteiger partial charge in [-0.3, -0.25) is 0 Å². The molecular formula is C15H30N2O. The van der Waals surface area contributed by atoms with Gasteiger partial charge in [-0.25, -0.2) is 0 Å². The highest BCUT2D eigenvalue weighted by Crippen LogP contribution is 2.27. The van der Waals surface area contributed by atoms with Gasteiger partial charge in [-0.15, -0.1) is 0 Å². The van der Waals surface area contributed by atoms with Crippen molar-refractivity contribution < 1.29 is 4.74 Å². The summed E-state index contributed by atoms with van der Waals surface area (Å²) in [6, 6.07) is 2.08. The van der Waals surface area contributed by atoms with Gasteiger partial charge < -0.3 is 15.0 Å². The molecule has 0 radical (unpaired) electrons. The Morgan fingerprint density at radius 3 is 2.83 bits per heavy atom. The van der Waals surface area contributed by atoms with Crippen LogP contribution in [0, 0.1) is 5.92 Å². The molecule has 0 saturated carbocycles. The van der Waals surface area contributed by atoms with Crippen molar-refractivity contribution >= 4 is 0 Å². The van der Waals surface area contributed by atoms with Crippen LogP contribution in [0.3, 0.4) is 0 Å². The minimum atomic E-state index is 0.517. The van der Waals surface area contributed by atoms with E-state index >= 15 is 0 Å². The molecule has 0 spiro atoms. The van der Waals surface area contributed by atoms with Crippen LogP contribution in [0.5, 0.6) is 0 Å². The van der Waals surface area contributed by atoms with Crippen LogP contribution in [0.2, 0.25) is 0 Å². The van der Waals surface area contributed by atoms with Gasteiger partial charge in [-0.05, 0) is 51.6 Å². The fourth-order valence-corrected chi connectivity index (χ4v) is 3.36. The molecule has 1 N–H and O–H groups in total. The minimum absolute atomic E-state index is 0.517. The molecule has 3 atom stereocenters. The van der Waals surface area contributed by atoms with Gasteiger partial charge in [0.15, 0.2) is 0 Å². The zero-order chi connectivity index (χ0) is 13.0. The predicted molar refractivity (Wildman–Crippen MR) is 75.9 cm³/mol. The number of fused-ring (bicyclic) bond motifs is 1. The predicted octanol–water partition coefficient (Wildman–Crippen LogP) is 2.26. The molecule has 2 heterocycles. The summed E-state index contributed by atoms with van der Waals surface area (Å²) in [5, 5.41) is 3.85. The lowest BCUT2D eigenvalue weighted by Gasteiger charge is -2.37. The Kier molecular flexibility index (Phi) is 5.46. The Hall–Kier alpha value is -0.120. The van der Waals surface area contributed by atoms with Gasteiger partial charge in [0.2, 0.25) is 0 Å². The van der Waals surface area contributed by atoms with Crippen LogP contribution in [-0.2, 0) is 4.74 Å². The van der Waals surface area contributed by atoms with Crippen LogP contribution in [0.25, 0.3) is 0 Å². The van der Waals surface area contributed by atoms with Crippen LogP contribution < -0.4 is 5.32 Å². The number of ether oxygens (including phenoxy) is 1. The van der Waals surface area contributed by atoms with Crippen LogP contribution >= 0.6 is 0 Å². The highest BCUT2D eigenvalue weighted by molar-refractivity contribution is 4.90. The molecule has 0 aromatic heterocycles. The number of piperidine rings is 1. The van der Waals surface area contributed by atoms with E-state index in [4.69, 9.17) is 4.74 Å². The first-order valence-corrected chi connectivity index (χ1v) is 7.78.